The van der Waals surface area contributed by atoms with Crippen LogP contribution in [0.5, 0.6) is 0 Å². The second-order valence-corrected chi connectivity index (χ2v) is 4.70. The zero-order valence-electron chi connectivity index (χ0n) is 7.89. The van der Waals surface area contributed by atoms with Crippen molar-refractivity contribution in [2.45, 2.75) is 0 Å². The van der Waals surface area contributed by atoms with E-state index in [1.165, 1.54) is 10.7 Å². The zero-order chi connectivity index (χ0) is 11.7. The molecule has 0 aliphatic heterocycles. The molecule has 2 aromatic rings. The first kappa shape index (κ1) is 11.4. The normalized spacial score (nSPS) is 10.4. The molecule has 0 saturated carbocycles. The van der Waals surface area contributed by atoms with Gasteiger partial charge in [-0.1, -0.05) is 11.6 Å². The second kappa shape index (κ2) is 4.42. The summed E-state index contributed by atoms with van der Waals surface area (Å²) in [6.45, 7) is 0. The molecule has 4 nitrogen and oxygen atoms in total. The molecule has 6 heteroatoms. The van der Waals surface area contributed by atoms with Crippen LogP contribution in [0, 0.1) is 3.57 Å². The van der Waals surface area contributed by atoms with Crippen molar-refractivity contribution in [1.82, 2.24) is 9.78 Å². The van der Waals surface area contributed by atoms with Gasteiger partial charge >= 0.3 is 5.97 Å². The Morgan fingerprint density at radius 3 is 2.75 bits per heavy atom. The van der Waals surface area contributed by atoms with E-state index in [-0.39, 0.29) is 5.69 Å². The van der Waals surface area contributed by atoms with Gasteiger partial charge in [0, 0.05) is 9.77 Å². The van der Waals surface area contributed by atoms with E-state index in [2.05, 4.69) is 27.7 Å². The van der Waals surface area contributed by atoms with Gasteiger partial charge < -0.3 is 5.11 Å². The second-order valence-electron chi connectivity index (χ2n) is 3.05. The van der Waals surface area contributed by atoms with E-state index >= 15 is 0 Å². The number of aromatic nitrogens is 2. The van der Waals surface area contributed by atoms with Gasteiger partial charge in [0.05, 0.1) is 10.7 Å². The Morgan fingerprint density at radius 2 is 2.19 bits per heavy atom. The van der Waals surface area contributed by atoms with E-state index < -0.39 is 5.97 Å². The predicted octanol–water partition coefficient (Wildman–Crippen LogP) is 2.83. The average molecular weight is 349 g/mol. The van der Waals surface area contributed by atoms with E-state index in [1.807, 2.05) is 6.07 Å². The van der Waals surface area contributed by atoms with E-state index in [4.69, 9.17) is 16.7 Å². The minimum Gasteiger partial charge on any atom is -0.476 e. The number of aromatic carboxylic acids is 1. The first-order valence-electron chi connectivity index (χ1n) is 4.32. The van der Waals surface area contributed by atoms with Gasteiger partial charge in [0.2, 0.25) is 0 Å². The third-order valence-electron chi connectivity index (χ3n) is 1.96. The number of benzene rings is 1. The standard InChI is InChI=1S/C10H6ClIN2O2/c11-7-5-6(12)1-2-9(7)14-4-3-8(13-14)10(15)16/h1-5H,(H,15,16). The van der Waals surface area contributed by atoms with Crippen molar-refractivity contribution in [3.8, 4) is 5.69 Å². The minimum absolute atomic E-state index is 0.00498. The Balaban J connectivity index is 2.46. The van der Waals surface area contributed by atoms with Crippen molar-refractivity contribution in [2.24, 2.45) is 0 Å². The topological polar surface area (TPSA) is 55.1 Å². The fourth-order valence-electron chi connectivity index (χ4n) is 1.24. The molecule has 1 aromatic heterocycles. The molecule has 0 radical (unpaired) electrons. The molecule has 0 amide bonds. The molecule has 0 bridgehead atoms. The monoisotopic (exact) mass is 348 g/mol. The summed E-state index contributed by atoms with van der Waals surface area (Å²) in [5, 5.41) is 13.2. The van der Waals surface area contributed by atoms with Crippen LogP contribution >= 0.6 is 34.2 Å². The molecule has 0 aliphatic rings. The number of carbonyl (C=O) groups is 1. The molecule has 0 unspecified atom stereocenters. The molecular weight excluding hydrogens is 342 g/mol. The van der Waals surface area contributed by atoms with Gasteiger partial charge in [-0.25, -0.2) is 9.48 Å². The van der Waals surface area contributed by atoms with E-state index in [1.54, 1.807) is 18.3 Å². The maximum Gasteiger partial charge on any atom is 0.356 e. The molecule has 1 N–H and O–H groups in total. The fraction of sp³-hybridized carbons (Fsp3) is 0. The Bertz CT molecular complexity index is 554. The third-order valence-corrected chi connectivity index (χ3v) is 2.94. The highest BCUT2D eigenvalue weighted by Gasteiger charge is 2.09. The van der Waals surface area contributed by atoms with Gasteiger partial charge in [0.25, 0.3) is 0 Å². The lowest BCUT2D eigenvalue weighted by Crippen LogP contribution is -2.01. The third kappa shape index (κ3) is 2.19. The number of carboxylic acid groups (broad SMARTS) is 1. The van der Waals surface area contributed by atoms with Crippen LogP contribution in [0.25, 0.3) is 5.69 Å². The molecule has 16 heavy (non-hydrogen) atoms. The molecular formula is C10H6ClIN2O2. The number of halogens is 2. The molecule has 0 atom stereocenters. The number of carboxylic acids is 1. The molecule has 0 spiro atoms. The Labute approximate surface area is 110 Å². The van der Waals surface area contributed by atoms with Crippen LogP contribution in [0.3, 0.4) is 0 Å². The summed E-state index contributed by atoms with van der Waals surface area (Å²) in [4.78, 5) is 10.7. The summed E-state index contributed by atoms with van der Waals surface area (Å²) in [5.41, 5.74) is 0.657. The number of hydrogen-bond acceptors (Lipinski definition) is 2. The predicted molar refractivity (Wildman–Crippen MR) is 68.3 cm³/mol. The quantitative estimate of drug-likeness (QED) is 0.849. The number of nitrogens with zero attached hydrogens (tertiary/aromatic N) is 2. The van der Waals surface area contributed by atoms with Crippen molar-refractivity contribution in [1.29, 1.82) is 0 Å². The highest BCUT2D eigenvalue weighted by atomic mass is 127. The maximum atomic E-state index is 10.7. The molecule has 1 heterocycles. The van der Waals surface area contributed by atoms with Gasteiger partial charge in [-0.3, -0.25) is 0 Å². The highest BCUT2D eigenvalue weighted by molar-refractivity contribution is 14.1. The lowest BCUT2D eigenvalue weighted by Gasteiger charge is -2.03. The Kier molecular flexibility index (Phi) is 3.15. The van der Waals surface area contributed by atoms with Crippen LogP contribution in [-0.2, 0) is 0 Å². The van der Waals surface area contributed by atoms with E-state index in [0.29, 0.717) is 10.7 Å². The number of hydrogen-bond donors (Lipinski definition) is 1. The fourth-order valence-corrected chi connectivity index (χ4v) is 2.18. The molecule has 1 aromatic carbocycles. The van der Waals surface area contributed by atoms with Gasteiger partial charge in [0.1, 0.15) is 0 Å². The minimum atomic E-state index is -1.06. The van der Waals surface area contributed by atoms with Crippen LogP contribution in [-0.4, -0.2) is 20.9 Å². The average Bonchev–Trinajstić information content (AvgIpc) is 2.66. The molecule has 0 aliphatic carbocycles. The summed E-state index contributed by atoms with van der Waals surface area (Å²) in [6.07, 6.45) is 1.57. The van der Waals surface area contributed by atoms with Crippen molar-refractivity contribution in [3.63, 3.8) is 0 Å². The zero-order valence-corrected chi connectivity index (χ0v) is 10.8. The van der Waals surface area contributed by atoms with Crippen molar-refractivity contribution < 1.29 is 9.90 Å². The van der Waals surface area contributed by atoms with Crippen LogP contribution in [0.2, 0.25) is 5.02 Å². The first-order chi connectivity index (χ1) is 7.58. The van der Waals surface area contributed by atoms with Gasteiger partial charge in [0.15, 0.2) is 5.69 Å². The largest absolute Gasteiger partial charge is 0.476 e. The van der Waals surface area contributed by atoms with E-state index in [0.717, 1.165) is 3.57 Å². The smallest absolute Gasteiger partial charge is 0.356 e. The summed E-state index contributed by atoms with van der Waals surface area (Å²) in [6, 6.07) is 6.89. The molecule has 0 saturated heterocycles. The lowest BCUT2D eigenvalue weighted by atomic mass is 10.3. The molecule has 0 fully saturated rings. The highest BCUT2D eigenvalue weighted by Crippen LogP contribution is 2.22. The van der Waals surface area contributed by atoms with Crippen LogP contribution in [0.1, 0.15) is 10.5 Å². The van der Waals surface area contributed by atoms with Crippen molar-refractivity contribution in [3.05, 3.63) is 44.7 Å². The molecule has 2 rings (SSSR count). The van der Waals surface area contributed by atoms with Gasteiger partial charge in [-0.2, -0.15) is 5.10 Å². The Hall–Kier alpha value is -1.08. The molecule has 82 valence electrons. The lowest BCUT2D eigenvalue weighted by molar-refractivity contribution is 0.0690. The van der Waals surface area contributed by atoms with Crippen molar-refractivity contribution in [2.75, 3.05) is 0 Å². The van der Waals surface area contributed by atoms with Crippen molar-refractivity contribution >= 4 is 40.2 Å². The SMILES string of the molecule is O=C(O)c1ccn(-c2ccc(I)cc2Cl)n1. The van der Waals surface area contributed by atoms with E-state index in [9.17, 15) is 4.79 Å². The van der Waals surface area contributed by atoms with Crippen LogP contribution in [0.15, 0.2) is 30.5 Å². The number of rotatable bonds is 2. The summed E-state index contributed by atoms with van der Waals surface area (Å²) < 4.78 is 2.46. The van der Waals surface area contributed by atoms with Crippen LogP contribution in [0.4, 0.5) is 0 Å². The van der Waals surface area contributed by atoms with Gasteiger partial charge in [-0.15, -0.1) is 0 Å². The first-order valence-corrected chi connectivity index (χ1v) is 5.78. The van der Waals surface area contributed by atoms with Gasteiger partial charge in [-0.05, 0) is 46.9 Å². The summed E-state index contributed by atoms with van der Waals surface area (Å²) in [7, 11) is 0. The van der Waals surface area contributed by atoms with Crippen LogP contribution < -0.4 is 0 Å². The summed E-state index contributed by atoms with van der Waals surface area (Å²) in [5.74, 6) is -1.06. The summed E-state index contributed by atoms with van der Waals surface area (Å²) >= 11 is 8.19. The maximum absolute atomic E-state index is 10.7. The Morgan fingerprint density at radius 1 is 1.44 bits per heavy atom.